The zero-order chi connectivity index (χ0) is 18.4. The minimum absolute atomic E-state index is 0.471. The average molecular weight is 386 g/mol. The van der Waals surface area contributed by atoms with E-state index in [2.05, 4.69) is 19.9 Å². The van der Waals surface area contributed by atoms with Gasteiger partial charge in [-0.1, -0.05) is 0 Å². The number of hydrogen-bond acceptors (Lipinski definition) is 7. The Labute approximate surface area is 161 Å². The van der Waals surface area contributed by atoms with Gasteiger partial charge < -0.3 is 9.64 Å². The molecule has 4 heterocycles. The topological polar surface area (TPSA) is 81.9 Å². The SMILES string of the molecule is Cc1ncncc1-c1nc(N2CCOCC2)c2nc(Cl)n(CC3CC3)c2n1. The molecule has 1 saturated carbocycles. The number of fused-ring (bicyclic) bond motifs is 1. The van der Waals surface area contributed by atoms with Gasteiger partial charge in [-0.3, -0.25) is 4.57 Å². The Hall–Kier alpha value is -2.32. The van der Waals surface area contributed by atoms with Crippen molar-refractivity contribution in [3.8, 4) is 11.4 Å². The molecule has 1 saturated heterocycles. The standard InChI is InChI=1S/C18H20ClN7O/c1-11-13(8-20-10-21-11)15-23-16(25-4-6-27-7-5-25)14-17(24-15)26(18(19)22-14)9-12-2-3-12/h8,10,12H,2-7,9H2,1H3. The molecule has 5 rings (SSSR count). The summed E-state index contributed by atoms with van der Waals surface area (Å²) in [5.41, 5.74) is 3.20. The molecule has 0 spiro atoms. The lowest BCUT2D eigenvalue weighted by Crippen LogP contribution is -2.37. The van der Waals surface area contributed by atoms with Gasteiger partial charge in [-0.05, 0) is 37.3 Å². The van der Waals surface area contributed by atoms with Crippen LogP contribution in [0.4, 0.5) is 5.82 Å². The van der Waals surface area contributed by atoms with Crippen molar-refractivity contribution in [1.82, 2.24) is 29.5 Å². The summed E-state index contributed by atoms with van der Waals surface area (Å²) in [7, 11) is 0. The zero-order valence-corrected chi connectivity index (χ0v) is 15.9. The molecule has 140 valence electrons. The second kappa shape index (κ2) is 6.69. The third kappa shape index (κ3) is 3.12. The summed E-state index contributed by atoms with van der Waals surface area (Å²) in [5, 5.41) is 0.471. The average Bonchev–Trinajstić information content (AvgIpc) is 3.46. The molecule has 27 heavy (non-hydrogen) atoms. The molecule has 2 fully saturated rings. The molecule has 0 bridgehead atoms. The maximum absolute atomic E-state index is 6.50. The fourth-order valence-corrected chi connectivity index (χ4v) is 3.64. The first kappa shape index (κ1) is 16.8. The molecule has 3 aromatic heterocycles. The normalized spacial score (nSPS) is 17.6. The van der Waals surface area contributed by atoms with Gasteiger partial charge in [0.25, 0.3) is 0 Å². The van der Waals surface area contributed by atoms with Gasteiger partial charge in [-0.2, -0.15) is 0 Å². The third-order valence-corrected chi connectivity index (χ3v) is 5.42. The number of morpholine rings is 1. The Balaban J connectivity index is 1.71. The summed E-state index contributed by atoms with van der Waals surface area (Å²) in [6.07, 6.45) is 5.76. The van der Waals surface area contributed by atoms with Gasteiger partial charge in [-0.15, -0.1) is 0 Å². The van der Waals surface area contributed by atoms with Crippen LogP contribution in [0.1, 0.15) is 18.5 Å². The Morgan fingerprint density at radius 1 is 1.19 bits per heavy atom. The van der Waals surface area contributed by atoms with Gasteiger partial charge in [0, 0.05) is 25.8 Å². The first-order valence-electron chi connectivity index (χ1n) is 9.24. The fraction of sp³-hybridized carbons (Fsp3) is 0.500. The number of anilines is 1. The Bertz CT molecular complexity index is 995. The molecule has 8 nitrogen and oxygen atoms in total. The van der Waals surface area contributed by atoms with Crippen LogP contribution in [0.25, 0.3) is 22.6 Å². The summed E-state index contributed by atoms with van der Waals surface area (Å²) in [6, 6.07) is 0. The molecule has 0 N–H and O–H groups in total. The highest BCUT2D eigenvalue weighted by Crippen LogP contribution is 2.35. The molecule has 0 unspecified atom stereocenters. The maximum atomic E-state index is 6.50. The first-order valence-corrected chi connectivity index (χ1v) is 9.62. The fourth-order valence-electron chi connectivity index (χ4n) is 3.41. The highest BCUT2D eigenvalue weighted by Gasteiger charge is 2.27. The van der Waals surface area contributed by atoms with Crippen LogP contribution in [0.15, 0.2) is 12.5 Å². The van der Waals surface area contributed by atoms with Gasteiger partial charge in [0.05, 0.1) is 24.5 Å². The Morgan fingerprint density at radius 2 is 2.00 bits per heavy atom. The van der Waals surface area contributed by atoms with Crippen molar-refractivity contribution in [3.63, 3.8) is 0 Å². The molecule has 0 amide bonds. The number of aromatic nitrogens is 6. The van der Waals surface area contributed by atoms with E-state index in [9.17, 15) is 0 Å². The van der Waals surface area contributed by atoms with Gasteiger partial charge in [0.1, 0.15) is 6.33 Å². The Kier molecular flexibility index (Phi) is 4.17. The smallest absolute Gasteiger partial charge is 0.205 e. The lowest BCUT2D eigenvalue weighted by atomic mass is 10.2. The van der Waals surface area contributed by atoms with Crippen molar-refractivity contribution in [2.75, 3.05) is 31.2 Å². The van der Waals surface area contributed by atoms with Crippen molar-refractivity contribution in [2.24, 2.45) is 5.92 Å². The predicted octanol–water partition coefficient (Wildman–Crippen LogP) is 2.49. The molecular formula is C18H20ClN7O. The lowest BCUT2D eigenvalue weighted by Gasteiger charge is -2.28. The summed E-state index contributed by atoms with van der Waals surface area (Å²) >= 11 is 6.50. The van der Waals surface area contributed by atoms with E-state index < -0.39 is 0 Å². The van der Waals surface area contributed by atoms with E-state index >= 15 is 0 Å². The van der Waals surface area contributed by atoms with Gasteiger partial charge in [-0.25, -0.2) is 24.9 Å². The van der Waals surface area contributed by atoms with E-state index in [1.807, 2.05) is 11.5 Å². The largest absolute Gasteiger partial charge is 0.378 e. The number of rotatable bonds is 4. The molecule has 0 aromatic carbocycles. The van der Waals surface area contributed by atoms with E-state index in [-0.39, 0.29) is 0 Å². The van der Waals surface area contributed by atoms with Crippen LogP contribution in [-0.4, -0.2) is 55.8 Å². The number of imidazole rings is 1. The van der Waals surface area contributed by atoms with E-state index in [4.69, 9.17) is 26.3 Å². The Morgan fingerprint density at radius 3 is 2.74 bits per heavy atom. The second-order valence-corrected chi connectivity index (χ2v) is 7.44. The van der Waals surface area contributed by atoms with Crippen molar-refractivity contribution in [2.45, 2.75) is 26.3 Å². The van der Waals surface area contributed by atoms with Crippen LogP contribution in [0, 0.1) is 12.8 Å². The molecule has 1 aliphatic heterocycles. The van der Waals surface area contributed by atoms with Crippen molar-refractivity contribution >= 4 is 28.6 Å². The minimum Gasteiger partial charge on any atom is -0.378 e. The molecule has 1 aliphatic carbocycles. The highest BCUT2D eigenvalue weighted by atomic mass is 35.5. The molecular weight excluding hydrogens is 366 g/mol. The number of aryl methyl sites for hydroxylation is 1. The number of hydrogen-bond donors (Lipinski definition) is 0. The first-order chi connectivity index (χ1) is 13.2. The molecule has 2 aliphatic rings. The van der Waals surface area contributed by atoms with Crippen LogP contribution in [0.5, 0.6) is 0 Å². The maximum Gasteiger partial charge on any atom is 0.205 e. The number of ether oxygens (including phenoxy) is 1. The second-order valence-electron chi connectivity index (χ2n) is 7.10. The van der Waals surface area contributed by atoms with Crippen LogP contribution in [0.3, 0.4) is 0 Å². The van der Waals surface area contributed by atoms with Gasteiger partial charge >= 0.3 is 0 Å². The molecule has 9 heteroatoms. The van der Waals surface area contributed by atoms with E-state index in [1.165, 1.54) is 19.2 Å². The van der Waals surface area contributed by atoms with E-state index in [1.54, 1.807) is 6.20 Å². The molecule has 3 aromatic rings. The summed E-state index contributed by atoms with van der Waals surface area (Å²) in [5.74, 6) is 2.07. The van der Waals surface area contributed by atoms with Crippen LogP contribution >= 0.6 is 11.6 Å². The molecule has 0 radical (unpaired) electrons. The summed E-state index contributed by atoms with van der Waals surface area (Å²) in [6.45, 7) is 5.66. The van der Waals surface area contributed by atoms with Crippen molar-refractivity contribution < 1.29 is 4.74 Å². The van der Waals surface area contributed by atoms with Crippen LogP contribution in [-0.2, 0) is 11.3 Å². The molecule has 0 atom stereocenters. The van der Waals surface area contributed by atoms with Crippen molar-refractivity contribution in [1.29, 1.82) is 0 Å². The quantitative estimate of drug-likeness (QED) is 0.638. The third-order valence-electron chi connectivity index (χ3n) is 5.13. The monoisotopic (exact) mass is 385 g/mol. The predicted molar refractivity (Wildman–Crippen MR) is 102 cm³/mol. The zero-order valence-electron chi connectivity index (χ0n) is 15.1. The van der Waals surface area contributed by atoms with Crippen molar-refractivity contribution in [3.05, 3.63) is 23.5 Å². The summed E-state index contributed by atoms with van der Waals surface area (Å²) < 4.78 is 7.52. The lowest BCUT2D eigenvalue weighted by molar-refractivity contribution is 0.122. The highest BCUT2D eigenvalue weighted by molar-refractivity contribution is 6.29. The van der Waals surface area contributed by atoms with Crippen LogP contribution in [0.2, 0.25) is 5.28 Å². The number of halogens is 1. The van der Waals surface area contributed by atoms with E-state index in [0.29, 0.717) is 30.2 Å². The van der Waals surface area contributed by atoms with Crippen LogP contribution < -0.4 is 4.90 Å². The minimum atomic E-state index is 0.471. The van der Waals surface area contributed by atoms with Gasteiger partial charge in [0.15, 0.2) is 22.8 Å². The number of nitrogens with zero attached hydrogens (tertiary/aromatic N) is 7. The van der Waals surface area contributed by atoms with E-state index in [0.717, 1.165) is 47.9 Å². The summed E-state index contributed by atoms with van der Waals surface area (Å²) in [4.78, 5) is 24.9. The van der Waals surface area contributed by atoms with Gasteiger partial charge in [0.2, 0.25) is 5.28 Å².